The molecule has 0 N–H and O–H groups in total. The fourth-order valence-corrected chi connectivity index (χ4v) is 4.48. The number of piperidine rings is 1. The summed E-state index contributed by atoms with van der Waals surface area (Å²) in [6, 6.07) is 8.76. The summed E-state index contributed by atoms with van der Waals surface area (Å²) in [4.78, 5) is 14.5. The molecule has 4 rings (SSSR count). The van der Waals surface area contributed by atoms with Crippen molar-refractivity contribution in [2.24, 2.45) is 5.41 Å². The number of ether oxygens (including phenoxy) is 1. The lowest BCUT2D eigenvalue weighted by atomic mass is 9.88. The van der Waals surface area contributed by atoms with Gasteiger partial charge in [-0.1, -0.05) is 28.1 Å². The Hall–Kier alpha value is -0.870. The zero-order valence-corrected chi connectivity index (χ0v) is 14.3. The minimum absolute atomic E-state index is 0.157. The van der Waals surface area contributed by atoms with Crippen molar-refractivity contribution in [3.63, 3.8) is 0 Å². The zero-order valence-electron chi connectivity index (χ0n) is 12.8. The third-order valence-electron chi connectivity index (χ3n) is 5.74. The van der Waals surface area contributed by atoms with Crippen molar-refractivity contribution in [1.29, 1.82) is 0 Å². The predicted octanol–water partition coefficient (Wildman–Crippen LogP) is 3.72. The second-order valence-corrected chi connectivity index (χ2v) is 7.91. The highest BCUT2D eigenvalue weighted by Gasteiger charge is 2.55. The molecule has 3 nitrogen and oxygen atoms in total. The Morgan fingerprint density at radius 1 is 1.23 bits per heavy atom. The van der Waals surface area contributed by atoms with Gasteiger partial charge in [0.05, 0.1) is 0 Å². The minimum Gasteiger partial charge on any atom is -0.368 e. The van der Waals surface area contributed by atoms with Gasteiger partial charge in [0.25, 0.3) is 5.91 Å². The fourth-order valence-electron chi connectivity index (χ4n) is 4.22. The van der Waals surface area contributed by atoms with E-state index >= 15 is 0 Å². The summed E-state index contributed by atoms with van der Waals surface area (Å²) in [6.45, 7) is 2.57. The lowest BCUT2D eigenvalue weighted by Crippen LogP contribution is -2.44. The van der Waals surface area contributed by atoms with Crippen molar-refractivity contribution in [3.8, 4) is 0 Å². The van der Waals surface area contributed by atoms with E-state index in [0.717, 1.165) is 49.9 Å². The average molecular weight is 364 g/mol. The summed E-state index contributed by atoms with van der Waals surface area (Å²) in [5, 5.41) is 0. The molecule has 0 bridgehead atoms. The molecular weight excluding hydrogens is 342 g/mol. The highest BCUT2D eigenvalue weighted by Crippen LogP contribution is 2.64. The normalized spacial score (nSPS) is 29.8. The van der Waals surface area contributed by atoms with Crippen LogP contribution in [0.1, 0.15) is 43.6 Å². The van der Waals surface area contributed by atoms with E-state index in [4.69, 9.17) is 4.74 Å². The molecule has 1 aromatic rings. The van der Waals surface area contributed by atoms with Gasteiger partial charge in [-0.05, 0) is 61.1 Å². The van der Waals surface area contributed by atoms with Gasteiger partial charge in [-0.2, -0.15) is 0 Å². The van der Waals surface area contributed by atoms with Crippen LogP contribution in [0.5, 0.6) is 0 Å². The Labute approximate surface area is 140 Å². The van der Waals surface area contributed by atoms with Crippen LogP contribution in [-0.2, 0) is 9.53 Å². The summed E-state index contributed by atoms with van der Waals surface area (Å²) in [5.41, 5.74) is 1.92. The van der Waals surface area contributed by atoms with E-state index in [1.807, 2.05) is 4.90 Å². The van der Waals surface area contributed by atoms with Crippen molar-refractivity contribution in [2.45, 2.75) is 44.1 Å². The molecular formula is C18H22BrNO2. The summed E-state index contributed by atoms with van der Waals surface area (Å²) >= 11 is 3.50. The van der Waals surface area contributed by atoms with Crippen LogP contribution in [0.25, 0.3) is 0 Å². The van der Waals surface area contributed by atoms with Crippen LogP contribution in [0.3, 0.4) is 0 Å². The fraction of sp³-hybridized carbons (Fsp3) is 0.611. The molecule has 0 radical (unpaired) electrons. The zero-order chi connectivity index (χ0) is 15.2. The highest BCUT2D eigenvalue weighted by molar-refractivity contribution is 9.10. The second-order valence-electron chi connectivity index (χ2n) is 7.00. The Kier molecular flexibility index (Phi) is 3.77. The third kappa shape index (κ3) is 2.61. The molecule has 22 heavy (non-hydrogen) atoms. The highest BCUT2D eigenvalue weighted by atomic mass is 79.9. The molecule has 0 unspecified atom stereocenters. The van der Waals surface area contributed by atoms with Gasteiger partial charge in [0.15, 0.2) is 0 Å². The van der Waals surface area contributed by atoms with Gasteiger partial charge in [-0.3, -0.25) is 4.79 Å². The molecule has 2 aliphatic heterocycles. The first kappa shape index (κ1) is 14.7. The number of likely N-dealkylation sites (tertiary alicyclic amines) is 1. The molecule has 2 heterocycles. The first-order valence-electron chi connectivity index (χ1n) is 8.34. The maximum Gasteiger partial charge on any atom is 0.251 e. The SMILES string of the molecule is O=C([C@H]1CCCO1)N1CCC2(CC1)C[C@@H]2c1ccc(Br)cc1. The summed E-state index contributed by atoms with van der Waals surface area (Å²) in [6.07, 6.45) is 5.35. The summed E-state index contributed by atoms with van der Waals surface area (Å²) in [5.74, 6) is 0.925. The van der Waals surface area contributed by atoms with Crippen molar-refractivity contribution in [2.75, 3.05) is 19.7 Å². The lowest BCUT2D eigenvalue weighted by molar-refractivity contribution is -0.142. The number of hydrogen-bond acceptors (Lipinski definition) is 2. The van der Waals surface area contributed by atoms with Gasteiger partial charge < -0.3 is 9.64 Å². The Morgan fingerprint density at radius 3 is 2.59 bits per heavy atom. The van der Waals surface area contributed by atoms with E-state index in [9.17, 15) is 4.79 Å². The van der Waals surface area contributed by atoms with Crippen LogP contribution in [-0.4, -0.2) is 36.6 Å². The molecule has 1 spiro atoms. The molecule has 0 aromatic heterocycles. The van der Waals surface area contributed by atoms with Crippen LogP contribution in [0.2, 0.25) is 0 Å². The molecule has 2 atom stereocenters. The van der Waals surface area contributed by atoms with Gasteiger partial charge in [0.1, 0.15) is 6.10 Å². The van der Waals surface area contributed by atoms with E-state index in [2.05, 4.69) is 40.2 Å². The molecule has 1 saturated carbocycles. The van der Waals surface area contributed by atoms with Crippen molar-refractivity contribution in [1.82, 2.24) is 4.90 Å². The van der Waals surface area contributed by atoms with Gasteiger partial charge >= 0.3 is 0 Å². The van der Waals surface area contributed by atoms with Gasteiger partial charge in [-0.15, -0.1) is 0 Å². The summed E-state index contributed by atoms with van der Waals surface area (Å²) in [7, 11) is 0. The molecule has 3 fully saturated rings. The Morgan fingerprint density at radius 2 is 1.95 bits per heavy atom. The lowest BCUT2D eigenvalue weighted by Gasteiger charge is -2.34. The maximum absolute atomic E-state index is 12.4. The second kappa shape index (κ2) is 5.64. The number of benzene rings is 1. The first-order chi connectivity index (χ1) is 10.7. The quantitative estimate of drug-likeness (QED) is 0.801. The van der Waals surface area contributed by atoms with Gasteiger partial charge in [0.2, 0.25) is 0 Å². The molecule has 118 valence electrons. The molecule has 3 aliphatic rings. The minimum atomic E-state index is -0.157. The molecule has 1 aliphatic carbocycles. The molecule has 2 saturated heterocycles. The van der Waals surface area contributed by atoms with E-state index in [-0.39, 0.29) is 12.0 Å². The van der Waals surface area contributed by atoms with Gasteiger partial charge in [0, 0.05) is 24.2 Å². The maximum atomic E-state index is 12.4. The van der Waals surface area contributed by atoms with Crippen LogP contribution in [0.4, 0.5) is 0 Å². The smallest absolute Gasteiger partial charge is 0.251 e. The third-order valence-corrected chi connectivity index (χ3v) is 6.27. The topological polar surface area (TPSA) is 29.5 Å². The van der Waals surface area contributed by atoms with Crippen molar-refractivity contribution < 1.29 is 9.53 Å². The number of carbonyl (C=O) groups is 1. The van der Waals surface area contributed by atoms with Crippen molar-refractivity contribution in [3.05, 3.63) is 34.3 Å². The Bertz CT molecular complexity index is 557. The Balaban J connectivity index is 1.36. The van der Waals surface area contributed by atoms with Crippen LogP contribution in [0.15, 0.2) is 28.7 Å². The van der Waals surface area contributed by atoms with E-state index < -0.39 is 0 Å². The number of rotatable bonds is 2. The number of nitrogens with zero attached hydrogens (tertiary/aromatic N) is 1. The standard InChI is InChI=1S/C18H22BrNO2/c19-14-5-3-13(4-6-14)15-12-18(15)7-9-20(10-8-18)17(21)16-2-1-11-22-16/h3-6,15-16H,1-2,7-12H2/t15-,16-/m1/s1. The monoisotopic (exact) mass is 363 g/mol. The first-order valence-corrected chi connectivity index (χ1v) is 9.13. The number of hydrogen-bond donors (Lipinski definition) is 0. The molecule has 1 aromatic carbocycles. The molecule has 4 heteroatoms. The molecule has 1 amide bonds. The van der Waals surface area contributed by atoms with Crippen LogP contribution >= 0.6 is 15.9 Å². The van der Waals surface area contributed by atoms with E-state index in [1.54, 1.807) is 0 Å². The van der Waals surface area contributed by atoms with Crippen LogP contribution in [0, 0.1) is 5.41 Å². The van der Waals surface area contributed by atoms with Crippen LogP contribution < -0.4 is 0 Å². The summed E-state index contributed by atoms with van der Waals surface area (Å²) < 4.78 is 6.68. The van der Waals surface area contributed by atoms with Crippen molar-refractivity contribution >= 4 is 21.8 Å². The number of amides is 1. The number of halogens is 1. The van der Waals surface area contributed by atoms with E-state index in [0.29, 0.717) is 11.3 Å². The van der Waals surface area contributed by atoms with Gasteiger partial charge in [-0.25, -0.2) is 0 Å². The largest absolute Gasteiger partial charge is 0.368 e. The van der Waals surface area contributed by atoms with E-state index in [1.165, 1.54) is 12.0 Å². The number of carbonyl (C=O) groups excluding carboxylic acids is 1. The predicted molar refractivity (Wildman–Crippen MR) is 88.7 cm³/mol. The average Bonchev–Trinajstić information content (AvgIpc) is 2.99.